The summed E-state index contributed by atoms with van der Waals surface area (Å²) >= 11 is 0. The van der Waals surface area contributed by atoms with E-state index in [1.54, 1.807) is 0 Å². The van der Waals surface area contributed by atoms with Crippen LogP contribution in [0.15, 0.2) is 11.8 Å². The van der Waals surface area contributed by atoms with Gasteiger partial charge in [-0.15, -0.1) is 0 Å². The summed E-state index contributed by atoms with van der Waals surface area (Å²) in [6, 6.07) is 0. The van der Waals surface area contributed by atoms with Crippen LogP contribution in [0.25, 0.3) is 0 Å². The van der Waals surface area contributed by atoms with Crippen molar-refractivity contribution in [2.45, 2.75) is 56.6 Å². The van der Waals surface area contributed by atoms with Crippen LogP contribution in [0.4, 0.5) is 26.3 Å². The summed E-state index contributed by atoms with van der Waals surface area (Å²) in [5.41, 5.74) is -3.12. The fraction of sp³-hybridized carbons (Fsp3) is 0.833. The van der Waals surface area contributed by atoms with E-state index in [0.29, 0.717) is 7.11 Å². The molecule has 0 aliphatic carbocycles. The van der Waals surface area contributed by atoms with Crippen molar-refractivity contribution in [2.24, 2.45) is 0 Å². The van der Waals surface area contributed by atoms with Gasteiger partial charge in [0.25, 0.3) is 0 Å². The molecule has 5 nitrogen and oxygen atoms in total. The molecule has 0 amide bonds. The Labute approximate surface area is 133 Å². The van der Waals surface area contributed by atoms with E-state index in [9.17, 15) is 31.4 Å². The van der Waals surface area contributed by atoms with Gasteiger partial charge in [0, 0.05) is 0 Å². The van der Waals surface area contributed by atoms with Crippen molar-refractivity contribution in [3.63, 3.8) is 0 Å². The molecule has 2 aliphatic heterocycles. The molecule has 12 heteroatoms. The molecule has 0 saturated carbocycles. The molecule has 0 bridgehead atoms. The number of alkyl halides is 6. The molecule has 2 heterocycles. The van der Waals surface area contributed by atoms with Crippen LogP contribution in [0.2, 0.25) is 0 Å². The van der Waals surface area contributed by atoms with E-state index in [-0.39, 0.29) is 0 Å². The normalized spacial score (nSPS) is 35.2. The quantitative estimate of drug-likeness (QED) is 0.541. The first kappa shape index (κ1) is 19.7. The van der Waals surface area contributed by atoms with Crippen molar-refractivity contribution in [3.05, 3.63) is 11.8 Å². The van der Waals surface area contributed by atoms with E-state index in [4.69, 9.17) is 13.6 Å². The first-order valence-electron chi connectivity index (χ1n) is 6.66. The third kappa shape index (κ3) is 2.14. The van der Waals surface area contributed by atoms with Gasteiger partial charge in [0.1, 0.15) is 0 Å². The molecular formula is C12H17F6O5P. The maximum atomic E-state index is 13.6. The SMILES string of the molecule is COP12(OC(C(F)(F)F)=CC1(O)C(F)(F)F)OC(C)(C)C(C)(C)O2. The average Bonchev–Trinajstić information content (AvgIpc) is 2.68. The van der Waals surface area contributed by atoms with Crippen LogP contribution in [0.3, 0.4) is 0 Å². The Hall–Kier alpha value is -0.610. The van der Waals surface area contributed by atoms with E-state index >= 15 is 0 Å². The standard InChI is InChI=1S/C12H17F6O5P/c1-8(2)9(3,4)23-24(20-5,22-8)10(19,12(16,17)18)6-7(21-24)11(13,14)15/h6,19H,1-5H3. The van der Waals surface area contributed by atoms with E-state index in [1.807, 2.05) is 0 Å². The van der Waals surface area contributed by atoms with Crippen LogP contribution in [-0.2, 0) is 18.1 Å². The number of hydrogen-bond acceptors (Lipinski definition) is 5. The van der Waals surface area contributed by atoms with Crippen molar-refractivity contribution >= 4 is 7.51 Å². The van der Waals surface area contributed by atoms with Gasteiger partial charge in [0.2, 0.25) is 0 Å². The maximum absolute atomic E-state index is 13.6. The van der Waals surface area contributed by atoms with Gasteiger partial charge in [-0.1, -0.05) is 0 Å². The van der Waals surface area contributed by atoms with Gasteiger partial charge in [-0.05, 0) is 0 Å². The van der Waals surface area contributed by atoms with Gasteiger partial charge in [-0.25, -0.2) is 0 Å². The first-order valence-corrected chi connectivity index (χ1v) is 8.57. The summed E-state index contributed by atoms with van der Waals surface area (Å²) in [7, 11) is -5.57. The zero-order valence-electron chi connectivity index (χ0n) is 13.4. The summed E-state index contributed by atoms with van der Waals surface area (Å²) in [4.78, 5) is 0. The molecule has 0 aromatic heterocycles. The van der Waals surface area contributed by atoms with Crippen LogP contribution in [0.5, 0.6) is 0 Å². The first-order chi connectivity index (χ1) is 10.4. The molecule has 0 radical (unpaired) electrons. The van der Waals surface area contributed by atoms with Crippen LogP contribution < -0.4 is 0 Å². The Kier molecular flexibility index (Phi) is 3.75. The van der Waals surface area contributed by atoms with Gasteiger partial charge in [-0.2, -0.15) is 0 Å². The molecule has 0 aromatic carbocycles. The number of hydrogen-bond donors (Lipinski definition) is 1. The van der Waals surface area contributed by atoms with Crippen molar-refractivity contribution < 1.29 is 49.5 Å². The molecular weight excluding hydrogens is 369 g/mol. The number of rotatable bonds is 1. The molecule has 1 spiro atoms. The molecule has 1 saturated heterocycles. The Morgan fingerprint density at radius 3 is 1.71 bits per heavy atom. The molecule has 2 rings (SSSR count). The van der Waals surface area contributed by atoms with Gasteiger partial charge >= 0.3 is 133 Å². The third-order valence-corrected chi connectivity index (χ3v) is 8.56. The van der Waals surface area contributed by atoms with Gasteiger partial charge < -0.3 is 0 Å². The van der Waals surface area contributed by atoms with Crippen molar-refractivity contribution in [1.29, 1.82) is 0 Å². The second kappa shape index (κ2) is 4.56. The molecule has 1 unspecified atom stereocenters. The van der Waals surface area contributed by atoms with Crippen LogP contribution in [0.1, 0.15) is 27.7 Å². The third-order valence-electron chi connectivity index (χ3n) is 4.38. The Morgan fingerprint density at radius 2 is 1.42 bits per heavy atom. The van der Waals surface area contributed by atoms with E-state index in [2.05, 4.69) is 4.52 Å². The molecule has 1 atom stereocenters. The predicted molar refractivity (Wildman–Crippen MR) is 70.5 cm³/mol. The molecule has 0 aromatic rings. The van der Waals surface area contributed by atoms with Gasteiger partial charge in [-0.3, -0.25) is 0 Å². The van der Waals surface area contributed by atoms with Crippen LogP contribution >= 0.6 is 7.51 Å². The zero-order chi connectivity index (χ0) is 19.1. The molecule has 1 N–H and O–H groups in total. The fourth-order valence-corrected chi connectivity index (χ4v) is 6.71. The Bertz CT molecular complexity index is 580. The Morgan fingerprint density at radius 1 is 1.00 bits per heavy atom. The average molecular weight is 386 g/mol. The van der Waals surface area contributed by atoms with Gasteiger partial charge in [0.15, 0.2) is 0 Å². The van der Waals surface area contributed by atoms with Crippen molar-refractivity contribution in [2.75, 3.05) is 7.11 Å². The number of aliphatic hydroxyl groups is 1. The minimum atomic E-state index is -6.21. The molecule has 2 aliphatic rings. The van der Waals surface area contributed by atoms with Gasteiger partial charge in [0.05, 0.1) is 0 Å². The summed E-state index contributed by atoms with van der Waals surface area (Å²) in [6.07, 6.45) is -11.4. The Balaban J connectivity index is 2.80. The summed E-state index contributed by atoms with van der Waals surface area (Å²) in [5.74, 6) is -2.09. The number of allylic oxidation sites excluding steroid dienone is 1. The van der Waals surface area contributed by atoms with E-state index in [1.165, 1.54) is 27.7 Å². The number of halogens is 6. The van der Waals surface area contributed by atoms with E-state index < -0.39 is 48.2 Å². The molecule has 24 heavy (non-hydrogen) atoms. The summed E-state index contributed by atoms with van der Waals surface area (Å²) in [5, 5.41) is 6.04. The second-order valence-corrected chi connectivity index (χ2v) is 9.74. The summed E-state index contributed by atoms with van der Waals surface area (Å²) < 4.78 is 99.6. The second-order valence-electron chi connectivity index (χ2n) is 6.52. The molecule has 142 valence electrons. The minimum absolute atomic E-state index is 0.494. The van der Waals surface area contributed by atoms with Crippen molar-refractivity contribution in [1.82, 2.24) is 0 Å². The van der Waals surface area contributed by atoms with Crippen LogP contribution in [-0.4, -0.2) is 41.1 Å². The summed E-state index contributed by atoms with van der Waals surface area (Å²) in [6.45, 7) is 5.16. The predicted octanol–water partition coefficient (Wildman–Crippen LogP) is 4.18. The van der Waals surface area contributed by atoms with Crippen LogP contribution in [0, 0.1) is 0 Å². The monoisotopic (exact) mass is 386 g/mol. The zero-order valence-corrected chi connectivity index (χ0v) is 14.3. The topological polar surface area (TPSA) is 57.2 Å². The van der Waals surface area contributed by atoms with E-state index in [0.717, 1.165) is 0 Å². The van der Waals surface area contributed by atoms with Crippen molar-refractivity contribution in [3.8, 4) is 0 Å². The fourth-order valence-electron chi connectivity index (χ4n) is 2.43. The molecule has 1 fully saturated rings.